The zero-order valence-electron chi connectivity index (χ0n) is 7.90. The summed E-state index contributed by atoms with van der Waals surface area (Å²) in [5, 5.41) is 6.61. The minimum atomic E-state index is 0.659. The van der Waals surface area contributed by atoms with Crippen LogP contribution in [0, 0.1) is 11.7 Å². The normalized spacial score (nSPS) is 10.4. The van der Waals surface area contributed by atoms with Gasteiger partial charge in [0.1, 0.15) is 6.33 Å². The van der Waals surface area contributed by atoms with E-state index in [4.69, 9.17) is 12.2 Å². The summed E-state index contributed by atoms with van der Waals surface area (Å²) in [6.45, 7) is 2.86. The highest BCUT2D eigenvalue weighted by molar-refractivity contribution is 7.71. The van der Waals surface area contributed by atoms with Crippen LogP contribution in [0.5, 0.6) is 0 Å². The molecule has 0 atom stereocenters. The van der Waals surface area contributed by atoms with Crippen molar-refractivity contribution in [3.63, 3.8) is 0 Å². The Hall–Kier alpha value is -1.42. The summed E-state index contributed by atoms with van der Waals surface area (Å²) < 4.78 is 2.57. The van der Waals surface area contributed by atoms with Gasteiger partial charge >= 0.3 is 0 Å². The van der Waals surface area contributed by atoms with Crippen molar-refractivity contribution in [2.75, 3.05) is 0 Å². The molecule has 1 N–H and O–H groups in total. The van der Waals surface area contributed by atoms with Crippen molar-refractivity contribution >= 4 is 12.2 Å². The van der Waals surface area contributed by atoms with Gasteiger partial charge in [-0.1, -0.05) is 29.8 Å². The van der Waals surface area contributed by atoms with Gasteiger partial charge in [-0.15, -0.1) is 0 Å². The highest BCUT2D eigenvalue weighted by Gasteiger charge is 1.96. The van der Waals surface area contributed by atoms with Gasteiger partial charge in [-0.3, -0.25) is 5.10 Å². The van der Waals surface area contributed by atoms with Crippen molar-refractivity contribution in [2.24, 2.45) is 0 Å². The molecule has 14 heavy (non-hydrogen) atoms. The maximum absolute atomic E-state index is 5.06. The summed E-state index contributed by atoms with van der Waals surface area (Å²) in [6, 6.07) is 8.36. The fourth-order valence-corrected chi connectivity index (χ4v) is 1.55. The molecule has 0 aliphatic carbocycles. The van der Waals surface area contributed by atoms with Crippen LogP contribution in [0.25, 0.3) is 0 Å². The van der Waals surface area contributed by atoms with Gasteiger partial charge in [0, 0.05) is 0 Å². The van der Waals surface area contributed by atoms with Crippen LogP contribution in [0.2, 0.25) is 0 Å². The lowest BCUT2D eigenvalue weighted by molar-refractivity contribution is 0.781. The van der Waals surface area contributed by atoms with Crippen LogP contribution in [0.1, 0.15) is 11.1 Å². The minimum Gasteiger partial charge on any atom is -0.302 e. The number of nitrogens with zero attached hydrogens (tertiary/aromatic N) is 2. The van der Waals surface area contributed by atoms with Crippen molar-refractivity contribution in [3.8, 4) is 0 Å². The minimum absolute atomic E-state index is 0.659. The Balaban J connectivity index is 2.27. The molecule has 0 radical (unpaired) electrons. The van der Waals surface area contributed by atoms with Crippen LogP contribution in [0.15, 0.2) is 30.6 Å². The van der Waals surface area contributed by atoms with Gasteiger partial charge in [-0.05, 0) is 24.7 Å². The van der Waals surface area contributed by atoms with Gasteiger partial charge in [0.25, 0.3) is 0 Å². The quantitative estimate of drug-likeness (QED) is 0.763. The van der Waals surface area contributed by atoms with E-state index in [9.17, 15) is 0 Å². The molecule has 2 rings (SSSR count). The number of H-pyrrole nitrogens is 1. The first-order valence-corrected chi connectivity index (χ1v) is 4.82. The number of aryl methyl sites for hydroxylation is 1. The largest absolute Gasteiger partial charge is 0.302 e. The highest BCUT2D eigenvalue weighted by Crippen LogP contribution is 2.05. The monoisotopic (exact) mass is 205 g/mol. The Bertz CT molecular complexity index is 484. The van der Waals surface area contributed by atoms with Crippen LogP contribution in [0.3, 0.4) is 0 Å². The van der Waals surface area contributed by atoms with Crippen molar-refractivity contribution < 1.29 is 0 Å². The van der Waals surface area contributed by atoms with E-state index in [1.807, 2.05) is 10.6 Å². The van der Waals surface area contributed by atoms with E-state index < -0.39 is 0 Å². The van der Waals surface area contributed by atoms with Gasteiger partial charge in [0.05, 0.1) is 6.54 Å². The summed E-state index contributed by atoms with van der Waals surface area (Å²) in [5.74, 6) is 0. The molecule has 0 aliphatic rings. The molecular weight excluding hydrogens is 194 g/mol. The lowest BCUT2D eigenvalue weighted by Gasteiger charge is -2.02. The summed E-state index contributed by atoms with van der Waals surface area (Å²) in [7, 11) is 0. The van der Waals surface area contributed by atoms with E-state index in [0.29, 0.717) is 4.77 Å². The number of aromatic nitrogens is 3. The third-order valence-corrected chi connectivity index (χ3v) is 2.38. The van der Waals surface area contributed by atoms with Crippen LogP contribution in [-0.2, 0) is 6.54 Å². The van der Waals surface area contributed by atoms with Crippen molar-refractivity contribution in [2.45, 2.75) is 13.5 Å². The molecule has 1 aromatic heterocycles. The number of benzene rings is 1. The van der Waals surface area contributed by atoms with E-state index in [-0.39, 0.29) is 0 Å². The van der Waals surface area contributed by atoms with Gasteiger partial charge in [-0.2, -0.15) is 5.10 Å². The number of nitrogens with one attached hydrogen (secondary N) is 1. The summed E-state index contributed by atoms with van der Waals surface area (Å²) in [6.07, 6.45) is 1.71. The average molecular weight is 205 g/mol. The smallest absolute Gasteiger partial charge is 0.195 e. The van der Waals surface area contributed by atoms with E-state index in [0.717, 1.165) is 6.54 Å². The summed E-state index contributed by atoms with van der Waals surface area (Å²) >= 11 is 5.06. The third kappa shape index (κ3) is 1.90. The number of hydrogen-bond acceptors (Lipinski definition) is 2. The topological polar surface area (TPSA) is 33.6 Å². The van der Waals surface area contributed by atoms with Gasteiger partial charge in [0.2, 0.25) is 0 Å². The number of rotatable bonds is 2. The molecular formula is C10H11N3S. The maximum atomic E-state index is 5.06. The standard InChI is InChI=1S/C10H11N3S/c1-8-3-2-4-9(5-8)6-13-7-11-12-10(13)14/h2-5,7H,6H2,1H3,(H,12,14). The molecule has 0 amide bonds. The molecule has 4 heteroatoms. The lowest BCUT2D eigenvalue weighted by Crippen LogP contribution is -1.98. The predicted octanol–water partition coefficient (Wildman–Crippen LogP) is 2.30. The SMILES string of the molecule is Cc1cccc(Cn2cn[nH]c2=S)c1. The first-order chi connectivity index (χ1) is 6.75. The average Bonchev–Trinajstić information content (AvgIpc) is 2.52. The fraction of sp³-hybridized carbons (Fsp3) is 0.200. The molecule has 0 saturated carbocycles. The Morgan fingerprint density at radius 2 is 2.36 bits per heavy atom. The molecule has 0 bridgehead atoms. The predicted molar refractivity (Wildman–Crippen MR) is 57.7 cm³/mol. The highest BCUT2D eigenvalue weighted by atomic mass is 32.1. The molecule has 0 unspecified atom stereocenters. The van der Waals surface area contributed by atoms with Crippen molar-refractivity contribution in [3.05, 3.63) is 46.5 Å². The lowest BCUT2D eigenvalue weighted by atomic mass is 10.1. The molecule has 0 aliphatic heterocycles. The van der Waals surface area contributed by atoms with Crippen LogP contribution in [0.4, 0.5) is 0 Å². The molecule has 3 nitrogen and oxygen atoms in total. The Labute approximate surface area is 87.4 Å². The molecule has 1 heterocycles. The second-order valence-electron chi connectivity index (χ2n) is 3.28. The molecule has 72 valence electrons. The van der Waals surface area contributed by atoms with E-state index in [1.54, 1.807) is 6.33 Å². The Kier molecular flexibility index (Phi) is 2.45. The van der Waals surface area contributed by atoms with Crippen molar-refractivity contribution in [1.29, 1.82) is 0 Å². The number of hydrogen-bond donors (Lipinski definition) is 1. The zero-order chi connectivity index (χ0) is 9.97. The summed E-state index contributed by atoms with van der Waals surface area (Å²) in [4.78, 5) is 0. The van der Waals surface area contributed by atoms with Crippen molar-refractivity contribution in [1.82, 2.24) is 14.8 Å². The summed E-state index contributed by atoms with van der Waals surface area (Å²) in [5.41, 5.74) is 2.50. The Morgan fingerprint density at radius 3 is 3.00 bits per heavy atom. The second-order valence-corrected chi connectivity index (χ2v) is 3.67. The number of aromatic amines is 1. The first kappa shape index (κ1) is 9.15. The fourth-order valence-electron chi connectivity index (χ4n) is 1.39. The third-order valence-electron chi connectivity index (χ3n) is 2.05. The maximum Gasteiger partial charge on any atom is 0.195 e. The second kappa shape index (κ2) is 3.75. The molecule has 0 saturated heterocycles. The van der Waals surface area contributed by atoms with Crippen LogP contribution in [-0.4, -0.2) is 14.8 Å². The van der Waals surface area contributed by atoms with E-state index in [1.165, 1.54) is 11.1 Å². The molecule has 2 aromatic rings. The van der Waals surface area contributed by atoms with Crippen LogP contribution < -0.4 is 0 Å². The van der Waals surface area contributed by atoms with E-state index >= 15 is 0 Å². The molecule has 0 fully saturated rings. The van der Waals surface area contributed by atoms with E-state index in [2.05, 4.69) is 35.3 Å². The molecule has 0 spiro atoms. The Morgan fingerprint density at radius 1 is 1.50 bits per heavy atom. The van der Waals surface area contributed by atoms with Crippen LogP contribution >= 0.6 is 12.2 Å². The van der Waals surface area contributed by atoms with Gasteiger partial charge < -0.3 is 4.57 Å². The first-order valence-electron chi connectivity index (χ1n) is 4.41. The molecule has 1 aromatic carbocycles. The zero-order valence-corrected chi connectivity index (χ0v) is 8.71. The van der Waals surface area contributed by atoms with Gasteiger partial charge in [0.15, 0.2) is 4.77 Å². The van der Waals surface area contributed by atoms with Gasteiger partial charge in [-0.25, -0.2) is 0 Å².